The molecule has 78 valence electrons. The van der Waals surface area contributed by atoms with Gasteiger partial charge in [0.15, 0.2) is 0 Å². The fraction of sp³-hybridized carbons (Fsp3) is 0.200. The number of nitrogens with one attached hydrogen (secondary N) is 2. The fourth-order valence-corrected chi connectivity index (χ4v) is 1.60. The Morgan fingerprint density at radius 1 is 1.47 bits per heavy atom. The molecule has 1 heterocycles. The van der Waals surface area contributed by atoms with Crippen LogP contribution in [0.25, 0.3) is 0 Å². The van der Waals surface area contributed by atoms with Crippen LogP contribution >= 0.6 is 0 Å². The van der Waals surface area contributed by atoms with Crippen LogP contribution in [0.15, 0.2) is 24.3 Å². The molecule has 1 aromatic carbocycles. The standard InChI is InChI=1S/C10H10N2O3/c13-8(14)5-11-9-6-3-1-2-4-7(6)12-10(9)15/h1-4,9,11H,5H2,(H,12,15)(H,13,14). The van der Waals surface area contributed by atoms with Gasteiger partial charge in [-0.05, 0) is 6.07 Å². The molecule has 1 aromatic rings. The SMILES string of the molecule is O=C(O)CNC1C(=O)Nc2ccccc21. The Morgan fingerprint density at radius 2 is 2.20 bits per heavy atom. The van der Waals surface area contributed by atoms with Crippen molar-refractivity contribution >= 4 is 17.6 Å². The van der Waals surface area contributed by atoms with Crippen LogP contribution in [0.4, 0.5) is 5.69 Å². The summed E-state index contributed by atoms with van der Waals surface area (Å²) in [6.45, 7) is -0.230. The molecule has 5 nitrogen and oxygen atoms in total. The summed E-state index contributed by atoms with van der Waals surface area (Å²) >= 11 is 0. The largest absolute Gasteiger partial charge is 0.480 e. The molecular formula is C10H10N2O3. The maximum absolute atomic E-state index is 11.5. The van der Waals surface area contributed by atoms with Crippen molar-refractivity contribution in [3.8, 4) is 0 Å². The molecule has 3 N–H and O–H groups in total. The quantitative estimate of drug-likeness (QED) is 0.667. The van der Waals surface area contributed by atoms with Gasteiger partial charge in [-0.3, -0.25) is 14.9 Å². The van der Waals surface area contributed by atoms with Crippen LogP contribution in [-0.4, -0.2) is 23.5 Å². The Bertz CT molecular complexity index is 417. The minimum Gasteiger partial charge on any atom is -0.480 e. The topological polar surface area (TPSA) is 78.4 Å². The third-order valence-electron chi connectivity index (χ3n) is 2.25. The number of anilines is 1. The number of aliphatic carboxylic acids is 1. The lowest BCUT2D eigenvalue weighted by atomic mass is 10.1. The van der Waals surface area contributed by atoms with E-state index in [-0.39, 0.29) is 12.5 Å². The molecular weight excluding hydrogens is 196 g/mol. The van der Waals surface area contributed by atoms with Crippen LogP contribution < -0.4 is 10.6 Å². The van der Waals surface area contributed by atoms with Gasteiger partial charge in [0.1, 0.15) is 6.04 Å². The van der Waals surface area contributed by atoms with E-state index in [1.54, 1.807) is 12.1 Å². The van der Waals surface area contributed by atoms with Crippen LogP contribution in [0, 0.1) is 0 Å². The summed E-state index contributed by atoms with van der Waals surface area (Å²) in [6.07, 6.45) is 0. The molecule has 1 aliphatic rings. The Kier molecular flexibility index (Phi) is 2.39. The highest BCUT2D eigenvalue weighted by Gasteiger charge is 2.29. The van der Waals surface area contributed by atoms with Crippen molar-refractivity contribution in [2.75, 3.05) is 11.9 Å². The highest BCUT2D eigenvalue weighted by Crippen LogP contribution is 2.29. The lowest BCUT2D eigenvalue weighted by Crippen LogP contribution is -2.31. The summed E-state index contributed by atoms with van der Waals surface area (Å²) < 4.78 is 0. The summed E-state index contributed by atoms with van der Waals surface area (Å²) in [6, 6.07) is 6.66. The predicted octanol–water partition coefficient (Wildman–Crippen LogP) is 0.354. The van der Waals surface area contributed by atoms with E-state index in [0.717, 1.165) is 11.3 Å². The van der Waals surface area contributed by atoms with Gasteiger partial charge in [0.25, 0.3) is 0 Å². The molecule has 0 saturated heterocycles. The van der Waals surface area contributed by atoms with E-state index < -0.39 is 12.0 Å². The molecule has 0 bridgehead atoms. The summed E-state index contributed by atoms with van der Waals surface area (Å²) in [5.41, 5.74) is 1.54. The Labute approximate surface area is 86.1 Å². The zero-order valence-corrected chi connectivity index (χ0v) is 7.86. The fourth-order valence-electron chi connectivity index (χ4n) is 1.60. The molecule has 0 aromatic heterocycles. The van der Waals surface area contributed by atoms with Crippen molar-refractivity contribution in [1.82, 2.24) is 5.32 Å². The second kappa shape index (κ2) is 3.70. The summed E-state index contributed by atoms with van der Waals surface area (Å²) in [5, 5.41) is 13.9. The van der Waals surface area contributed by atoms with Crippen molar-refractivity contribution in [2.24, 2.45) is 0 Å². The van der Waals surface area contributed by atoms with Gasteiger partial charge in [0.2, 0.25) is 5.91 Å². The minimum absolute atomic E-state index is 0.211. The predicted molar refractivity (Wildman–Crippen MR) is 53.5 cm³/mol. The maximum atomic E-state index is 11.5. The van der Waals surface area contributed by atoms with E-state index in [9.17, 15) is 9.59 Å². The summed E-state index contributed by atoms with van der Waals surface area (Å²) in [4.78, 5) is 21.9. The Hall–Kier alpha value is -1.88. The summed E-state index contributed by atoms with van der Waals surface area (Å²) in [5.74, 6) is -1.19. The number of para-hydroxylation sites is 1. The van der Waals surface area contributed by atoms with Crippen LogP contribution in [-0.2, 0) is 9.59 Å². The number of carboxylic acid groups (broad SMARTS) is 1. The summed E-state index contributed by atoms with van der Waals surface area (Å²) in [7, 11) is 0. The normalized spacial score (nSPS) is 18.4. The number of rotatable bonds is 3. The van der Waals surface area contributed by atoms with Crippen molar-refractivity contribution in [1.29, 1.82) is 0 Å². The van der Waals surface area contributed by atoms with E-state index in [4.69, 9.17) is 5.11 Å². The third-order valence-corrected chi connectivity index (χ3v) is 2.25. The van der Waals surface area contributed by atoms with Gasteiger partial charge in [-0.1, -0.05) is 18.2 Å². The van der Waals surface area contributed by atoms with Gasteiger partial charge in [-0.15, -0.1) is 0 Å². The lowest BCUT2D eigenvalue weighted by molar-refractivity contribution is -0.136. The van der Waals surface area contributed by atoms with Crippen molar-refractivity contribution in [3.05, 3.63) is 29.8 Å². The smallest absolute Gasteiger partial charge is 0.317 e. The van der Waals surface area contributed by atoms with Crippen molar-refractivity contribution in [3.63, 3.8) is 0 Å². The lowest BCUT2D eigenvalue weighted by Gasteiger charge is -2.08. The van der Waals surface area contributed by atoms with Crippen LogP contribution in [0.3, 0.4) is 0 Å². The zero-order valence-electron chi connectivity index (χ0n) is 7.86. The number of carbonyl (C=O) groups is 2. The molecule has 0 spiro atoms. The van der Waals surface area contributed by atoms with Crippen molar-refractivity contribution in [2.45, 2.75) is 6.04 Å². The zero-order chi connectivity index (χ0) is 10.8. The van der Waals surface area contributed by atoms with Crippen molar-refractivity contribution < 1.29 is 14.7 Å². The third kappa shape index (κ3) is 1.82. The monoisotopic (exact) mass is 206 g/mol. The van der Waals surface area contributed by atoms with Gasteiger partial charge in [0, 0.05) is 11.3 Å². The first-order valence-electron chi connectivity index (χ1n) is 4.53. The second-order valence-electron chi connectivity index (χ2n) is 3.28. The molecule has 2 rings (SSSR count). The van der Waals surface area contributed by atoms with Gasteiger partial charge >= 0.3 is 5.97 Å². The number of carboxylic acids is 1. The highest BCUT2D eigenvalue weighted by atomic mass is 16.4. The first-order valence-corrected chi connectivity index (χ1v) is 4.53. The number of hydrogen-bond acceptors (Lipinski definition) is 3. The highest BCUT2D eigenvalue weighted by molar-refractivity contribution is 6.02. The number of fused-ring (bicyclic) bond motifs is 1. The molecule has 0 aliphatic carbocycles. The van der Waals surface area contributed by atoms with E-state index >= 15 is 0 Å². The van der Waals surface area contributed by atoms with Crippen LogP contribution in [0.1, 0.15) is 11.6 Å². The molecule has 0 fully saturated rings. The number of amides is 1. The van der Waals surface area contributed by atoms with E-state index in [2.05, 4.69) is 10.6 Å². The molecule has 0 saturated carbocycles. The molecule has 1 amide bonds. The van der Waals surface area contributed by atoms with Gasteiger partial charge < -0.3 is 10.4 Å². The van der Waals surface area contributed by atoms with Gasteiger partial charge in [0.05, 0.1) is 6.54 Å². The van der Waals surface area contributed by atoms with Crippen LogP contribution in [0.5, 0.6) is 0 Å². The van der Waals surface area contributed by atoms with E-state index in [0.29, 0.717) is 0 Å². The average Bonchev–Trinajstić information content (AvgIpc) is 2.50. The van der Waals surface area contributed by atoms with Gasteiger partial charge in [-0.2, -0.15) is 0 Å². The first-order chi connectivity index (χ1) is 7.18. The molecule has 15 heavy (non-hydrogen) atoms. The number of carbonyl (C=O) groups excluding carboxylic acids is 1. The van der Waals surface area contributed by atoms with E-state index in [1.165, 1.54) is 0 Å². The molecule has 1 aliphatic heterocycles. The average molecular weight is 206 g/mol. The van der Waals surface area contributed by atoms with Gasteiger partial charge in [-0.25, -0.2) is 0 Å². The molecule has 1 unspecified atom stereocenters. The Morgan fingerprint density at radius 3 is 2.93 bits per heavy atom. The molecule has 5 heteroatoms. The van der Waals surface area contributed by atoms with Crippen LogP contribution in [0.2, 0.25) is 0 Å². The number of hydrogen-bond donors (Lipinski definition) is 3. The maximum Gasteiger partial charge on any atom is 0.317 e. The molecule has 1 atom stereocenters. The Balaban J connectivity index is 2.18. The number of benzene rings is 1. The second-order valence-corrected chi connectivity index (χ2v) is 3.28. The van der Waals surface area contributed by atoms with E-state index in [1.807, 2.05) is 12.1 Å². The first kappa shape index (κ1) is 9.67. The molecule has 0 radical (unpaired) electrons. The minimum atomic E-state index is -0.979.